The number of hydrogen-bond acceptors (Lipinski definition) is 4. The number of amides is 1. The summed E-state index contributed by atoms with van der Waals surface area (Å²) in [4.78, 5) is 18.2. The summed E-state index contributed by atoms with van der Waals surface area (Å²) in [6, 6.07) is 6.23. The normalized spacial score (nSPS) is 17.7. The molecule has 24 heavy (non-hydrogen) atoms. The molecule has 1 aliphatic rings. The van der Waals surface area contributed by atoms with Gasteiger partial charge in [0.25, 0.3) is 0 Å². The lowest BCUT2D eigenvalue weighted by atomic mass is 10.1. The molecule has 1 saturated heterocycles. The number of rotatable bonds is 6. The Morgan fingerprint density at radius 3 is 3.12 bits per heavy atom. The van der Waals surface area contributed by atoms with Gasteiger partial charge in [0.2, 0.25) is 5.91 Å². The van der Waals surface area contributed by atoms with Crippen molar-refractivity contribution in [3.05, 3.63) is 42.7 Å². The van der Waals surface area contributed by atoms with E-state index in [0.717, 1.165) is 19.4 Å². The number of carbonyl (C=O) groups excluding carboxylic acids is 1. The van der Waals surface area contributed by atoms with Gasteiger partial charge in [0, 0.05) is 25.6 Å². The van der Waals surface area contributed by atoms with Crippen molar-refractivity contribution in [1.82, 2.24) is 19.7 Å². The maximum absolute atomic E-state index is 13.0. The van der Waals surface area contributed by atoms with E-state index < -0.39 is 0 Å². The van der Waals surface area contributed by atoms with Crippen molar-refractivity contribution in [2.24, 2.45) is 0 Å². The monoisotopic (exact) mass is 332 g/mol. The lowest BCUT2D eigenvalue weighted by Crippen LogP contribution is -2.40. The summed E-state index contributed by atoms with van der Waals surface area (Å²) in [6.07, 6.45) is 6.24. The largest absolute Gasteiger partial charge is 0.493 e. The number of hydrogen-bond donors (Lipinski definition) is 0. The van der Waals surface area contributed by atoms with Crippen LogP contribution in [0.3, 0.4) is 0 Å². The van der Waals surface area contributed by atoms with Crippen LogP contribution in [0.2, 0.25) is 0 Å². The predicted octanol–water partition coefficient (Wildman–Crippen LogP) is 2.44. The Morgan fingerprint density at radius 1 is 1.42 bits per heavy atom. The molecular formula is C17H21FN4O2. The SMILES string of the molecule is O=C(CCCOc1cccc(F)c1)N1CCC[C@@H](n2cncn2)C1. The molecule has 1 atom stereocenters. The van der Waals surface area contributed by atoms with Crippen molar-refractivity contribution in [3.63, 3.8) is 0 Å². The zero-order chi connectivity index (χ0) is 16.8. The third kappa shape index (κ3) is 4.31. The van der Waals surface area contributed by atoms with Gasteiger partial charge in [-0.25, -0.2) is 14.1 Å². The number of piperidine rings is 1. The predicted molar refractivity (Wildman–Crippen MR) is 86.0 cm³/mol. The number of halogens is 1. The maximum atomic E-state index is 13.0. The Bertz CT molecular complexity index is 662. The molecule has 2 aromatic rings. The van der Waals surface area contributed by atoms with E-state index in [-0.39, 0.29) is 17.8 Å². The fourth-order valence-electron chi connectivity index (χ4n) is 2.93. The van der Waals surface area contributed by atoms with Crippen molar-refractivity contribution >= 4 is 5.91 Å². The van der Waals surface area contributed by atoms with E-state index >= 15 is 0 Å². The summed E-state index contributed by atoms with van der Waals surface area (Å²) in [5, 5.41) is 4.17. The van der Waals surface area contributed by atoms with E-state index in [2.05, 4.69) is 10.1 Å². The molecule has 0 N–H and O–H groups in total. The molecular weight excluding hydrogens is 311 g/mol. The maximum Gasteiger partial charge on any atom is 0.222 e. The molecule has 1 aliphatic heterocycles. The molecule has 7 heteroatoms. The quantitative estimate of drug-likeness (QED) is 0.762. The van der Waals surface area contributed by atoms with Gasteiger partial charge < -0.3 is 9.64 Å². The number of likely N-dealkylation sites (tertiary alicyclic amines) is 1. The van der Waals surface area contributed by atoms with E-state index in [1.165, 1.54) is 18.5 Å². The van der Waals surface area contributed by atoms with Crippen LogP contribution in [0.4, 0.5) is 4.39 Å². The van der Waals surface area contributed by atoms with Crippen molar-refractivity contribution in [3.8, 4) is 5.75 Å². The average Bonchev–Trinajstić information content (AvgIpc) is 3.13. The highest BCUT2D eigenvalue weighted by molar-refractivity contribution is 5.76. The smallest absolute Gasteiger partial charge is 0.222 e. The number of ether oxygens (including phenoxy) is 1. The first-order valence-corrected chi connectivity index (χ1v) is 8.22. The number of nitrogens with zero attached hydrogens (tertiary/aromatic N) is 4. The van der Waals surface area contributed by atoms with Crippen LogP contribution in [0, 0.1) is 5.82 Å². The van der Waals surface area contributed by atoms with Gasteiger partial charge in [0.1, 0.15) is 24.2 Å². The third-order valence-corrected chi connectivity index (χ3v) is 4.16. The molecule has 1 aromatic carbocycles. The van der Waals surface area contributed by atoms with Crippen molar-refractivity contribution in [2.45, 2.75) is 31.7 Å². The van der Waals surface area contributed by atoms with Gasteiger partial charge in [0.05, 0.1) is 12.6 Å². The number of aromatic nitrogens is 3. The Kier molecular flexibility index (Phi) is 5.40. The fraction of sp³-hybridized carbons (Fsp3) is 0.471. The lowest BCUT2D eigenvalue weighted by molar-refractivity contribution is -0.133. The summed E-state index contributed by atoms with van der Waals surface area (Å²) in [7, 11) is 0. The molecule has 1 fully saturated rings. The zero-order valence-corrected chi connectivity index (χ0v) is 13.5. The minimum atomic E-state index is -0.323. The van der Waals surface area contributed by atoms with Crippen LogP contribution in [-0.2, 0) is 4.79 Å². The summed E-state index contributed by atoms with van der Waals surface area (Å²) < 4.78 is 20.3. The molecule has 6 nitrogen and oxygen atoms in total. The van der Waals surface area contributed by atoms with Crippen LogP contribution >= 0.6 is 0 Å². The molecule has 3 rings (SSSR count). The standard InChI is InChI=1S/C17H21FN4O2/c18-14-4-1-6-16(10-14)24-9-3-7-17(23)21-8-2-5-15(11-21)22-13-19-12-20-22/h1,4,6,10,12-13,15H,2-3,5,7-9,11H2/t15-/m1/s1. The fourth-order valence-corrected chi connectivity index (χ4v) is 2.93. The topological polar surface area (TPSA) is 60.2 Å². The average molecular weight is 332 g/mol. The molecule has 2 heterocycles. The second-order valence-corrected chi connectivity index (χ2v) is 5.92. The highest BCUT2D eigenvalue weighted by Gasteiger charge is 2.24. The van der Waals surface area contributed by atoms with E-state index in [1.807, 2.05) is 9.58 Å². The molecule has 0 aliphatic carbocycles. The molecule has 128 valence electrons. The Hall–Kier alpha value is -2.44. The first kappa shape index (κ1) is 16.4. The van der Waals surface area contributed by atoms with E-state index in [1.54, 1.807) is 18.5 Å². The molecule has 1 aromatic heterocycles. The van der Waals surface area contributed by atoms with Crippen molar-refractivity contribution in [2.75, 3.05) is 19.7 Å². The lowest BCUT2D eigenvalue weighted by Gasteiger charge is -2.32. The molecule has 0 radical (unpaired) electrons. The van der Waals surface area contributed by atoms with Gasteiger partial charge >= 0.3 is 0 Å². The van der Waals surface area contributed by atoms with Crippen LogP contribution in [0.5, 0.6) is 5.75 Å². The van der Waals surface area contributed by atoms with Crippen LogP contribution in [-0.4, -0.2) is 45.3 Å². The van der Waals surface area contributed by atoms with Gasteiger partial charge in [0.15, 0.2) is 0 Å². The van der Waals surface area contributed by atoms with Crippen molar-refractivity contribution in [1.29, 1.82) is 0 Å². The van der Waals surface area contributed by atoms with Crippen molar-refractivity contribution < 1.29 is 13.9 Å². The molecule has 0 bridgehead atoms. The summed E-state index contributed by atoms with van der Waals surface area (Å²) in [6.45, 7) is 1.86. The van der Waals surface area contributed by atoms with Gasteiger partial charge in [-0.15, -0.1) is 0 Å². The molecule has 0 saturated carbocycles. The van der Waals surface area contributed by atoms with Crippen LogP contribution in [0.15, 0.2) is 36.9 Å². The highest BCUT2D eigenvalue weighted by Crippen LogP contribution is 2.21. The highest BCUT2D eigenvalue weighted by atomic mass is 19.1. The Balaban J connectivity index is 1.41. The number of carbonyl (C=O) groups is 1. The number of benzene rings is 1. The van der Waals surface area contributed by atoms with E-state index in [4.69, 9.17) is 4.74 Å². The third-order valence-electron chi connectivity index (χ3n) is 4.16. The van der Waals surface area contributed by atoms with Crippen LogP contribution < -0.4 is 4.74 Å². The molecule has 0 spiro atoms. The first-order chi connectivity index (χ1) is 11.7. The van der Waals surface area contributed by atoms with E-state index in [9.17, 15) is 9.18 Å². The van der Waals surface area contributed by atoms with Crippen LogP contribution in [0.1, 0.15) is 31.7 Å². The molecule has 0 unspecified atom stereocenters. The van der Waals surface area contributed by atoms with Crippen LogP contribution in [0.25, 0.3) is 0 Å². The minimum absolute atomic E-state index is 0.127. The molecule has 1 amide bonds. The summed E-state index contributed by atoms with van der Waals surface area (Å²) in [5.74, 6) is 0.297. The zero-order valence-electron chi connectivity index (χ0n) is 13.5. The second-order valence-electron chi connectivity index (χ2n) is 5.92. The summed E-state index contributed by atoms with van der Waals surface area (Å²) >= 11 is 0. The van der Waals surface area contributed by atoms with Gasteiger partial charge in [-0.2, -0.15) is 5.10 Å². The minimum Gasteiger partial charge on any atom is -0.493 e. The summed E-state index contributed by atoms with van der Waals surface area (Å²) in [5.41, 5.74) is 0. The second kappa shape index (κ2) is 7.90. The Labute approximate surface area is 140 Å². The Morgan fingerprint density at radius 2 is 2.33 bits per heavy atom. The van der Waals surface area contributed by atoms with Gasteiger partial charge in [-0.1, -0.05) is 6.07 Å². The van der Waals surface area contributed by atoms with Gasteiger partial charge in [-0.3, -0.25) is 4.79 Å². The van der Waals surface area contributed by atoms with Gasteiger partial charge in [-0.05, 0) is 31.4 Å². The van der Waals surface area contributed by atoms with E-state index in [0.29, 0.717) is 31.7 Å². The first-order valence-electron chi connectivity index (χ1n) is 8.22.